The molecule has 5 rings (SSSR count). The molecular weight excluding hydrogens is 436 g/mol. The van der Waals surface area contributed by atoms with Gasteiger partial charge in [0, 0.05) is 25.6 Å². The number of carboxylic acid groups (broad SMARTS) is 1. The highest BCUT2D eigenvalue weighted by Crippen LogP contribution is 2.44. The fourth-order valence-corrected chi connectivity index (χ4v) is 5.42. The smallest absolute Gasteiger partial charge is 0.407 e. The van der Waals surface area contributed by atoms with Crippen LogP contribution >= 0.6 is 0 Å². The van der Waals surface area contributed by atoms with Gasteiger partial charge in [-0.25, -0.2) is 4.79 Å². The molecule has 0 spiro atoms. The third-order valence-corrected chi connectivity index (χ3v) is 7.22. The number of hydrogen-bond acceptors (Lipinski definition) is 5. The molecule has 2 aromatic rings. The van der Waals surface area contributed by atoms with Crippen molar-refractivity contribution in [3.63, 3.8) is 0 Å². The molecular formula is C26H28N2O6. The highest BCUT2D eigenvalue weighted by Gasteiger charge is 2.43. The normalized spacial score (nSPS) is 25.6. The van der Waals surface area contributed by atoms with Crippen molar-refractivity contribution in [2.45, 2.75) is 31.4 Å². The first-order chi connectivity index (χ1) is 16.4. The zero-order valence-electron chi connectivity index (χ0n) is 19.0. The summed E-state index contributed by atoms with van der Waals surface area (Å²) in [6.07, 6.45) is -0.930. The van der Waals surface area contributed by atoms with E-state index in [0.29, 0.717) is 19.6 Å². The topological polar surface area (TPSA) is 105 Å². The largest absolute Gasteiger partial charge is 0.481 e. The second kappa shape index (κ2) is 9.10. The van der Waals surface area contributed by atoms with Crippen LogP contribution in [0.3, 0.4) is 0 Å². The number of amides is 2. The van der Waals surface area contributed by atoms with Gasteiger partial charge in [-0.1, -0.05) is 55.5 Å². The molecule has 2 fully saturated rings. The third-order valence-electron chi connectivity index (χ3n) is 7.22. The van der Waals surface area contributed by atoms with E-state index in [1.54, 1.807) is 0 Å². The number of fused-ring (bicyclic) bond motifs is 3. The Hall–Kier alpha value is -3.39. The number of ether oxygens (including phenoxy) is 2. The van der Waals surface area contributed by atoms with Crippen molar-refractivity contribution in [1.82, 2.24) is 10.2 Å². The minimum atomic E-state index is -0.900. The highest BCUT2D eigenvalue weighted by atomic mass is 16.6. The molecule has 2 amide bonds. The maximum atomic E-state index is 13.0. The molecule has 2 N–H and O–H groups in total. The van der Waals surface area contributed by atoms with Crippen LogP contribution in [0.2, 0.25) is 0 Å². The van der Waals surface area contributed by atoms with Crippen molar-refractivity contribution in [2.75, 3.05) is 26.3 Å². The van der Waals surface area contributed by atoms with E-state index in [-0.39, 0.29) is 30.9 Å². The molecule has 0 saturated carbocycles. The molecule has 2 aliphatic heterocycles. The van der Waals surface area contributed by atoms with E-state index in [9.17, 15) is 19.5 Å². The maximum Gasteiger partial charge on any atom is 0.407 e. The molecule has 8 nitrogen and oxygen atoms in total. The molecule has 2 heterocycles. The van der Waals surface area contributed by atoms with Gasteiger partial charge in [0.1, 0.15) is 6.61 Å². The van der Waals surface area contributed by atoms with E-state index in [1.807, 2.05) is 31.2 Å². The monoisotopic (exact) mass is 464 g/mol. The second-order valence-electron chi connectivity index (χ2n) is 9.32. The van der Waals surface area contributed by atoms with Gasteiger partial charge < -0.3 is 24.8 Å². The Morgan fingerprint density at radius 2 is 1.71 bits per heavy atom. The fourth-order valence-electron chi connectivity index (χ4n) is 5.42. The zero-order valence-corrected chi connectivity index (χ0v) is 19.0. The number of carbonyl (C=O) groups is 3. The van der Waals surface area contributed by atoms with Crippen LogP contribution in [0.5, 0.6) is 0 Å². The maximum absolute atomic E-state index is 13.0. The van der Waals surface area contributed by atoms with Crippen LogP contribution in [0.15, 0.2) is 48.5 Å². The van der Waals surface area contributed by atoms with Gasteiger partial charge in [-0.2, -0.15) is 0 Å². The van der Waals surface area contributed by atoms with Crippen molar-refractivity contribution in [3.05, 3.63) is 59.7 Å². The quantitative estimate of drug-likeness (QED) is 0.705. The van der Waals surface area contributed by atoms with Crippen molar-refractivity contribution < 1.29 is 29.0 Å². The van der Waals surface area contributed by atoms with Crippen molar-refractivity contribution in [2.24, 2.45) is 11.8 Å². The van der Waals surface area contributed by atoms with E-state index >= 15 is 0 Å². The molecule has 178 valence electrons. The zero-order chi connectivity index (χ0) is 23.8. The minimum absolute atomic E-state index is 0.0468. The summed E-state index contributed by atoms with van der Waals surface area (Å²) in [6.45, 7) is 2.89. The van der Waals surface area contributed by atoms with Crippen LogP contribution in [0.25, 0.3) is 11.1 Å². The standard InChI is InChI=1S/C26H28N2O6/c1-15-12-28(13-20(15)25(30)31)24(29)23-22(10-11-33-23)27-26(32)34-14-21-18-8-4-2-6-16(18)17-7-3-5-9-19(17)21/h2-9,15,20-23H,10-14H2,1H3,(H,27,32)(H,30,31). The van der Waals surface area contributed by atoms with Crippen LogP contribution in [0.4, 0.5) is 4.79 Å². The van der Waals surface area contributed by atoms with Crippen molar-refractivity contribution in [3.8, 4) is 11.1 Å². The molecule has 34 heavy (non-hydrogen) atoms. The molecule has 1 aliphatic carbocycles. The number of rotatable bonds is 5. The lowest BCUT2D eigenvalue weighted by Gasteiger charge is -2.24. The van der Waals surface area contributed by atoms with Crippen LogP contribution in [0.1, 0.15) is 30.4 Å². The number of alkyl carbamates (subject to hydrolysis) is 1. The Morgan fingerprint density at radius 3 is 2.32 bits per heavy atom. The Bertz CT molecular complexity index is 1070. The first-order valence-electron chi connectivity index (χ1n) is 11.7. The summed E-state index contributed by atoms with van der Waals surface area (Å²) in [7, 11) is 0. The Kier molecular flexibility index (Phi) is 6.00. The lowest BCUT2D eigenvalue weighted by molar-refractivity contribution is -0.143. The average Bonchev–Trinajstić information content (AvgIpc) is 3.53. The lowest BCUT2D eigenvalue weighted by atomic mass is 9.98. The summed E-state index contributed by atoms with van der Waals surface area (Å²) >= 11 is 0. The first-order valence-corrected chi connectivity index (χ1v) is 11.7. The summed E-state index contributed by atoms with van der Waals surface area (Å²) in [6, 6.07) is 15.7. The molecule has 8 heteroatoms. The molecule has 3 aliphatic rings. The van der Waals surface area contributed by atoms with Gasteiger partial charge >= 0.3 is 12.1 Å². The van der Waals surface area contributed by atoms with E-state index in [4.69, 9.17) is 9.47 Å². The molecule has 2 aromatic carbocycles. The number of aliphatic carboxylic acids is 1. The number of carbonyl (C=O) groups excluding carboxylic acids is 2. The summed E-state index contributed by atoms with van der Waals surface area (Å²) in [5.41, 5.74) is 4.57. The lowest BCUT2D eigenvalue weighted by Crippen LogP contribution is -2.49. The number of nitrogens with one attached hydrogen (secondary N) is 1. The summed E-state index contributed by atoms with van der Waals surface area (Å²) in [5.74, 6) is -1.94. The third kappa shape index (κ3) is 4.03. The Morgan fingerprint density at radius 1 is 1.06 bits per heavy atom. The van der Waals surface area contributed by atoms with E-state index in [0.717, 1.165) is 22.3 Å². The molecule has 0 aromatic heterocycles. The van der Waals surface area contributed by atoms with Crippen molar-refractivity contribution in [1.29, 1.82) is 0 Å². The SMILES string of the molecule is CC1CN(C(=O)C2OCCC2NC(=O)OCC2c3ccccc3-c3ccccc32)CC1C(=O)O. The molecule has 2 saturated heterocycles. The summed E-state index contributed by atoms with van der Waals surface area (Å²) in [5, 5.41) is 12.1. The van der Waals surface area contributed by atoms with E-state index < -0.39 is 30.1 Å². The Labute approximate surface area is 197 Å². The van der Waals surface area contributed by atoms with Gasteiger partial charge in [0.2, 0.25) is 0 Å². The molecule has 4 atom stereocenters. The number of nitrogens with zero attached hydrogens (tertiary/aromatic N) is 1. The highest BCUT2D eigenvalue weighted by molar-refractivity contribution is 5.84. The fraction of sp³-hybridized carbons (Fsp3) is 0.423. The minimum Gasteiger partial charge on any atom is -0.481 e. The summed E-state index contributed by atoms with van der Waals surface area (Å²) < 4.78 is 11.2. The number of carboxylic acids is 1. The van der Waals surface area contributed by atoms with Gasteiger partial charge in [0.25, 0.3) is 5.91 Å². The van der Waals surface area contributed by atoms with E-state index in [1.165, 1.54) is 4.90 Å². The number of benzene rings is 2. The summed E-state index contributed by atoms with van der Waals surface area (Å²) in [4.78, 5) is 38.6. The van der Waals surface area contributed by atoms with Crippen LogP contribution in [-0.4, -0.2) is 66.4 Å². The predicted molar refractivity (Wildman–Crippen MR) is 123 cm³/mol. The van der Waals surface area contributed by atoms with Crippen molar-refractivity contribution >= 4 is 18.0 Å². The van der Waals surface area contributed by atoms with Gasteiger partial charge in [0.15, 0.2) is 6.10 Å². The molecule has 0 bridgehead atoms. The number of likely N-dealkylation sites (tertiary alicyclic amines) is 1. The second-order valence-corrected chi connectivity index (χ2v) is 9.32. The van der Waals surface area contributed by atoms with Gasteiger partial charge in [-0.3, -0.25) is 9.59 Å². The average molecular weight is 465 g/mol. The Balaban J connectivity index is 1.21. The van der Waals surface area contributed by atoms with Gasteiger partial charge in [-0.15, -0.1) is 0 Å². The predicted octanol–water partition coefficient (Wildman–Crippen LogP) is 2.86. The van der Waals surface area contributed by atoms with Crippen LogP contribution in [0, 0.1) is 11.8 Å². The number of hydrogen-bond donors (Lipinski definition) is 2. The van der Waals surface area contributed by atoms with E-state index in [2.05, 4.69) is 29.6 Å². The van der Waals surface area contributed by atoms with Crippen LogP contribution < -0.4 is 5.32 Å². The van der Waals surface area contributed by atoms with Gasteiger partial charge in [-0.05, 0) is 34.6 Å². The molecule has 4 unspecified atom stereocenters. The van der Waals surface area contributed by atoms with Crippen LogP contribution in [-0.2, 0) is 19.1 Å². The molecule has 0 radical (unpaired) electrons. The van der Waals surface area contributed by atoms with Gasteiger partial charge in [0.05, 0.1) is 12.0 Å². The first kappa shape index (κ1) is 22.4.